The second-order valence-corrected chi connectivity index (χ2v) is 16.5. The van der Waals surface area contributed by atoms with Gasteiger partial charge in [0.1, 0.15) is 0 Å². The van der Waals surface area contributed by atoms with E-state index in [1.807, 2.05) is 0 Å². The van der Waals surface area contributed by atoms with Crippen LogP contribution in [0, 0.1) is 0 Å². The Kier molecular flexibility index (Phi) is 43.8. The van der Waals surface area contributed by atoms with Crippen LogP contribution in [-0.4, -0.2) is 34.9 Å². The van der Waals surface area contributed by atoms with Gasteiger partial charge in [0, 0.05) is 6.42 Å². The van der Waals surface area contributed by atoms with Crippen molar-refractivity contribution in [1.29, 1.82) is 0 Å². The van der Waals surface area contributed by atoms with Crippen LogP contribution in [-0.2, 0) is 4.79 Å². The Morgan fingerprint density at radius 1 is 0.442 bits per heavy atom. The number of hydrogen-bond acceptors (Lipinski definition) is 3. The molecule has 2 unspecified atom stereocenters. The topological polar surface area (TPSA) is 69.6 Å². The van der Waals surface area contributed by atoms with Crippen molar-refractivity contribution in [3.05, 3.63) is 12.2 Å². The van der Waals surface area contributed by atoms with Gasteiger partial charge in [-0.05, 0) is 38.5 Å². The van der Waals surface area contributed by atoms with Crippen molar-refractivity contribution in [3.8, 4) is 0 Å². The Morgan fingerprint density at radius 3 is 1.06 bits per heavy atom. The van der Waals surface area contributed by atoms with E-state index in [4.69, 9.17) is 0 Å². The zero-order chi connectivity index (χ0) is 37.8. The minimum atomic E-state index is -0.656. The number of carbonyl (C=O) groups excluding carboxylic acids is 1. The summed E-state index contributed by atoms with van der Waals surface area (Å²) in [5.74, 6) is -0.0294. The lowest BCUT2D eigenvalue weighted by molar-refractivity contribution is -0.123. The molecule has 0 rings (SSSR count). The molecular formula is C48H95NO3. The molecule has 0 bridgehead atoms. The van der Waals surface area contributed by atoms with Crippen LogP contribution in [0.3, 0.4) is 0 Å². The van der Waals surface area contributed by atoms with Crippen molar-refractivity contribution in [1.82, 2.24) is 5.32 Å². The zero-order valence-corrected chi connectivity index (χ0v) is 35.6. The van der Waals surface area contributed by atoms with Gasteiger partial charge in [-0.2, -0.15) is 0 Å². The molecule has 0 spiro atoms. The molecule has 0 radical (unpaired) electrons. The first kappa shape index (κ1) is 51.1. The number of rotatable bonds is 44. The smallest absolute Gasteiger partial charge is 0.220 e. The van der Waals surface area contributed by atoms with Crippen LogP contribution in [0.15, 0.2) is 12.2 Å². The van der Waals surface area contributed by atoms with Gasteiger partial charge in [0.05, 0.1) is 18.8 Å². The summed E-state index contributed by atoms with van der Waals surface area (Å²) in [4.78, 5) is 12.4. The Hall–Kier alpha value is -0.870. The van der Waals surface area contributed by atoms with Gasteiger partial charge in [-0.25, -0.2) is 0 Å². The summed E-state index contributed by atoms with van der Waals surface area (Å²) in [5, 5.41) is 23.2. The average Bonchev–Trinajstić information content (AvgIpc) is 3.15. The standard InChI is InChI=1S/C48H95NO3/c1-3-5-7-9-11-13-15-17-19-20-21-22-23-24-25-26-27-28-29-30-32-34-36-38-40-42-44-48(52)49-46(45-50)47(51)43-41-39-37-35-33-31-18-16-14-12-10-8-6-4-2/h24-25,46-47,50-51H,3-23,26-45H2,1-2H3,(H,49,52)/b25-24-. The summed E-state index contributed by atoms with van der Waals surface area (Å²) in [7, 11) is 0. The van der Waals surface area contributed by atoms with E-state index >= 15 is 0 Å². The molecule has 0 heterocycles. The molecule has 0 saturated carbocycles. The highest BCUT2D eigenvalue weighted by Crippen LogP contribution is 2.16. The number of unbranched alkanes of at least 4 members (excludes halogenated alkanes) is 35. The zero-order valence-electron chi connectivity index (χ0n) is 35.6. The lowest BCUT2D eigenvalue weighted by Gasteiger charge is -2.22. The molecule has 3 N–H and O–H groups in total. The van der Waals surface area contributed by atoms with Crippen molar-refractivity contribution in [2.24, 2.45) is 0 Å². The van der Waals surface area contributed by atoms with Crippen LogP contribution >= 0.6 is 0 Å². The largest absolute Gasteiger partial charge is 0.394 e. The van der Waals surface area contributed by atoms with E-state index in [2.05, 4.69) is 31.3 Å². The van der Waals surface area contributed by atoms with Crippen LogP contribution in [0.1, 0.15) is 271 Å². The number of hydrogen-bond donors (Lipinski definition) is 3. The quantitative estimate of drug-likeness (QED) is 0.0431. The molecule has 310 valence electrons. The highest BCUT2D eigenvalue weighted by atomic mass is 16.3. The fraction of sp³-hybridized carbons (Fsp3) is 0.938. The van der Waals surface area contributed by atoms with Gasteiger partial charge in [-0.1, -0.05) is 238 Å². The number of allylic oxidation sites excluding steroid dienone is 2. The fourth-order valence-electron chi connectivity index (χ4n) is 7.59. The van der Waals surface area contributed by atoms with Gasteiger partial charge in [0.25, 0.3) is 0 Å². The molecule has 0 aliphatic heterocycles. The normalized spacial score (nSPS) is 12.9. The first-order valence-electron chi connectivity index (χ1n) is 23.9. The number of aliphatic hydroxyl groups excluding tert-OH is 2. The fourth-order valence-corrected chi connectivity index (χ4v) is 7.59. The molecule has 2 atom stereocenters. The lowest BCUT2D eigenvalue weighted by Crippen LogP contribution is -2.45. The van der Waals surface area contributed by atoms with Crippen molar-refractivity contribution in [2.45, 2.75) is 283 Å². The molecule has 0 aliphatic carbocycles. The Balaban J connectivity index is 3.45. The first-order chi connectivity index (χ1) is 25.7. The molecular weight excluding hydrogens is 639 g/mol. The van der Waals surface area contributed by atoms with Gasteiger partial charge in [0.15, 0.2) is 0 Å². The molecule has 1 amide bonds. The van der Waals surface area contributed by atoms with Gasteiger partial charge >= 0.3 is 0 Å². The maximum absolute atomic E-state index is 12.4. The van der Waals surface area contributed by atoms with Gasteiger partial charge in [0.2, 0.25) is 5.91 Å². The summed E-state index contributed by atoms with van der Waals surface area (Å²) in [6.07, 6.45) is 55.9. The minimum Gasteiger partial charge on any atom is -0.394 e. The van der Waals surface area contributed by atoms with E-state index in [9.17, 15) is 15.0 Å². The molecule has 0 fully saturated rings. The Morgan fingerprint density at radius 2 is 0.731 bits per heavy atom. The summed E-state index contributed by atoms with van der Waals surface area (Å²) in [6, 6.07) is -0.533. The van der Waals surface area contributed by atoms with Crippen molar-refractivity contribution < 1.29 is 15.0 Å². The maximum atomic E-state index is 12.4. The van der Waals surface area contributed by atoms with Crippen molar-refractivity contribution >= 4 is 5.91 Å². The molecule has 0 aliphatic rings. The highest BCUT2D eigenvalue weighted by Gasteiger charge is 2.20. The van der Waals surface area contributed by atoms with E-state index in [0.29, 0.717) is 12.8 Å². The van der Waals surface area contributed by atoms with E-state index in [-0.39, 0.29) is 12.5 Å². The van der Waals surface area contributed by atoms with Crippen LogP contribution in [0.5, 0.6) is 0 Å². The summed E-state index contributed by atoms with van der Waals surface area (Å²) in [5.41, 5.74) is 0. The van der Waals surface area contributed by atoms with Gasteiger partial charge < -0.3 is 15.5 Å². The third-order valence-corrected chi connectivity index (χ3v) is 11.3. The molecule has 4 nitrogen and oxygen atoms in total. The number of amides is 1. The van der Waals surface area contributed by atoms with E-state index in [1.54, 1.807) is 0 Å². The Bertz CT molecular complexity index is 710. The summed E-state index contributed by atoms with van der Waals surface area (Å²) < 4.78 is 0. The molecule has 0 aromatic carbocycles. The van der Waals surface area contributed by atoms with E-state index < -0.39 is 12.1 Å². The average molecular weight is 734 g/mol. The molecule has 0 saturated heterocycles. The molecule has 0 aromatic heterocycles. The highest BCUT2D eigenvalue weighted by molar-refractivity contribution is 5.76. The number of aliphatic hydroxyl groups is 2. The van der Waals surface area contributed by atoms with Crippen LogP contribution < -0.4 is 5.32 Å². The van der Waals surface area contributed by atoms with Crippen molar-refractivity contribution in [3.63, 3.8) is 0 Å². The lowest BCUT2D eigenvalue weighted by atomic mass is 10.0. The van der Waals surface area contributed by atoms with Crippen LogP contribution in [0.4, 0.5) is 0 Å². The van der Waals surface area contributed by atoms with E-state index in [1.165, 1.54) is 218 Å². The SMILES string of the molecule is CCCCCCCCCCCCCC/C=C\CCCCCCCCCCCCC(=O)NC(CO)C(O)CCCCCCCCCCCCCCCC. The monoisotopic (exact) mass is 734 g/mol. The predicted octanol–water partition coefficient (Wildman–Crippen LogP) is 15.0. The molecule has 52 heavy (non-hydrogen) atoms. The van der Waals surface area contributed by atoms with Crippen LogP contribution in [0.2, 0.25) is 0 Å². The third-order valence-electron chi connectivity index (χ3n) is 11.3. The van der Waals surface area contributed by atoms with E-state index in [0.717, 1.165) is 25.7 Å². The predicted molar refractivity (Wildman–Crippen MR) is 230 cm³/mol. The van der Waals surface area contributed by atoms with Crippen molar-refractivity contribution in [2.75, 3.05) is 6.61 Å². The van der Waals surface area contributed by atoms with Crippen LogP contribution in [0.25, 0.3) is 0 Å². The summed E-state index contributed by atoms with van der Waals surface area (Å²) >= 11 is 0. The second kappa shape index (κ2) is 44.5. The Labute approximate surface area is 327 Å². The van der Waals surface area contributed by atoms with Gasteiger partial charge in [-0.15, -0.1) is 0 Å². The molecule has 4 heteroatoms. The number of carbonyl (C=O) groups is 1. The maximum Gasteiger partial charge on any atom is 0.220 e. The second-order valence-electron chi connectivity index (χ2n) is 16.5. The number of nitrogens with one attached hydrogen (secondary N) is 1. The molecule has 0 aromatic rings. The summed E-state index contributed by atoms with van der Waals surface area (Å²) in [6.45, 7) is 4.38. The minimum absolute atomic E-state index is 0.0294. The third kappa shape index (κ3) is 40.3. The first-order valence-corrected chi connectivity index (χ1v) is 23.9. The van der Waals surface area contributed by atoms with Gasteiger partial charge in [-0.3, -0.25) is 4.79 Å².